The molecule has 0 bridgehead atoms. The maximum atomic E-state index is 12.9. The Morgan fingerprint density at radius 3 is 2.29 bits per heavy atom. The molecule has 2 aromatic carbocycles. The predicted octanol–water partition coefficient (Wildman–Crippen LogP) is 2.58. The van der Waals surface area contributed by atoms with E-state index in [1.165, 1.54) is 16.4 Å². The molecule has 146 valence electrons. The smallest absolute Gasteiger partial charge is 0.244 e. The third kappa shape index (κ3) is 4.24. The van der Waals surface area contributed by atoms with Crippen LogP contribution in [0.5, 0.6) is 0 Å². The third-order valence-corrected chi connectivity index (χ3v) is 7.02. The molecule has 1 aliphatic rings. The van der Waals surface area contributed by atoms with Crippen molar-refractivity contribution >= 4 is 15.9 Å². The lowest BCUT2D eigenvalue weighted by atomic mass is 9.97. The number of carbonyl (C=O) groups excluding carboxylic acids is 1. The maximum absolute atomic E-state index is 12.9. The Morgan fingerprint density at radius 2 is 1.64 bits per heavy atom. The summed E-state index contributed by atoms with van der Waals surface area (Å²) < 4.78 is 27.1. The van der Waals surface area contributed by atoms with Crippen molar-refractivity contribution in [1.29, 1.82) is 5.26 Å². The van der Waals surface area contributed by atoms with Gasteiger partial charge in [0.15, 0.2) is 0 Å². The summed E-state index contributed by atoms with van der Waals surface area (Å²) in [6.45, 7) is 3.19. The molecule has 6 nitrogen and oxygen atoms in total. The first-order valence-electron chi connectivity index (χ1n) is 9.25. The van der Waals surface area contributed by atoms with Gasteiger partial charge in [-0.2, -0.15) is 9.57 Å². The zero-order valence-corrected chi connectivity index (χ0v) is 16.6. The summed E-state index contributed by atoms with van der Waals surface area (Å²) in [6.07, 6.45) is 0.397. The Labute approximate surface area is 166 Å². The van der Waals surface area contributed by atoms with Gasteiger partial charge < -0.3 is 4.90 Å². The predicted molar refractivity (Wildman–Crippen MR) is 106 cm³/mol. The van der Waals surface area contributed by atoms with Gasteiger partial charge in [-0.3, -0.25) is 4.79 Å². The summed E-state index contributed by atoms with van der Waals surface area (Å²) in [7, 11) is -3.75. The summed E-state index contributed by atoms with van der Waals surface area (Å²) in [4.78, 5) is 14.4. The van der Waals surface area contributed by atoms with Crippen molar-refractivity contribution in [2.24, 2.45) is 0 Å². The van der Waals surface area contributed by atoms with Gasteiger partial charge in [0.25, 0.3) is 0 Å². The van der Waals surface area contributed by atoms with Gasteiger partial charge in [0.1, 0.15) is 6.07 Å². The van der Waals surface area contributed by atoms with Crippen LogP contribution in [0.25, 0.3) is 0 Å². The van der Waals surface area contributed by atoms with Crippen molar-refractivity contribution in [1.82, 2.24) is 9.21 Å². The van der Waals surface area contributed by atoms with Crippen LogP contribution in [-0.4, -0.2) is 49.7 Å². The quantitative estimate of drug-likeness (QED) is 0.777. The van der Waals surface area contributed by atoms with E-state index in [1.807, 2.05) is 43.3 Å². The van der Waals surface area contributed by atoms with Crippen molar-refractivity contribution < 1.29 is 13.2 Å². The summed E-state index contributed by atoms with van der Waals surface area (Å²) in [6, 6.07) is 18.0. The number of piperazine rings is 1. The van der Waals surface area contributed by atoms with Crippen LogP contribution >= 0.6 is 0 Å². The molecule has 0 N–H and O–H groups in total. The largest absolute Gasteiger partial charge is 0.340 e. The van der Waals surface area contributed by atoms with E-state index in [9.17, 15) is 18.5 Å². The summed E-state index contributed by atoms with van der Waals surface area (Å²) in [5, 5.41) is 9.19. The molecule has 1 heterocycles. The number of hydrogen-bond acceptors (Lipinski definition) is 4. The van der Waals surface area contributed by atoms with E-state index in [0.717, 1.165) is 5.56 Å². The molecule has 1 fully saturated rings. The third-order valence-electron chi connectivity index (χ3n) is 5.07. The normalized spacial score (nSPS) is 16.4. The average Bonchev–Trinajstić information content (AvgIpc) is 2.74. The molecule has 7 heteroatoms. The number of sulfonamides is 1. The van der Waals surface area contributed by atoms with Crippen LogP contribution in [0.1, 0.15) is 30.4 Å². The number of rotatable bonds is 5. The second kappa shape index (κ2) is 8.55. The molecule has 0 radical (unpaired) electrons. The molecule has 1 saturated heterocycles. The van der Waals surface area contributed by atoms with Gasteiger partial charge in [0, 0.05) is 32.6 Å². The van der Waals surface area contributed by atoms with Crippen LogP contribution in [-0.2, 0) is 14.8 Å². The second-order valence-electron chi connectivity index (χ2n) is 6.91. The van der Waals surface area contributed by atoms with Crippen LogP contribution in [0.15, 0.2) is 59.5 Å². The zero-order chi connectivity index (χ0) is 20.1. The molecule has 1 atom stereocenters. The highest BCUT2D eigenvalue weighted by molar-refractivity contribution is 7.89. The van der Waals surface area contributed by atoms with Crippen LogP contribution in [0.3, 0.4) is 0 Å². The molecule has 2 aromatic rings. The second-order valence-corrected chi connectivity index (χ2v) is 8.82. The van der Waals surface area contributed by atoms with E-state index in [1.54, 1.807) is 17.0 Å². The Hall–Kier alpha value is -2.69. The van der Waals surface area contributed by atoms with Gasteiger partial charge >= 0.3 is 0 Å². The van der Waals surface area contributed by atoms with E-state index in [-0.39, 0.29) is 35.4 Å². The summed E-state index contributed by atoms with van der Waals surface area (Å²) in [5.74, 6) is 0.142. The average molecular weight is 398 g/mol. The van der Waals surface area contributed by atoms with E-state index in [2.05, 4.69) is 0 Å². The maximum Gasteiger partial charge on any atom is 0.244 e. The first kappa shape index (κ1) is 20.1. The number of carbonyl (C=O) groups is 1. The topological polar surface area (TPSA) is 81.5 Å². The highest BCUT2D eigenvalue weighted by Gasteiger charge is 2.31. The summed E-state index contributed by atoms with van der Waals surface area (Å²) in [5.41, 5.74) is 1.25. The van der Waals surface area contributed by atoms with Crippen LogP contribution in [0.2, 0.25) is 0 Å². The lowest BCUT2D eigenvalue weighted by Crippen LogP contribution is -2.50. The van der Waals surface area contributed by atoms with Gasteiger partial charge in [-0.25, -0.2) is 8.42 Å². The summed E-state index contributed by atoms with van der Waals surface area (Å²) >= 11 is 0. The molecule has 1 unspecified atom stereocenters. The van der Waals surface area contributed by atoms with Crippen LogP contribution in [0, 0.1) is 11.3 Å². The van der Waals surface area contributed by atoms with Gasteiger partial charge in [-0.1, -0.05) is 49.4 Å². The molecule has 0 spiro atoms. The fourth-order valence-corrected chi connectivity index (χ4v) is 4.96. The minimum absolute atomic E-state index is 0.0231. The molecule has 1 amide bonds. The molecule has 0 saturated carbocycles. The lowest BCUT2D eigenvalue weighted by Gasteiger charge is -2.34. The first-order chi connectivity index (χ1) is 13.4. The number of nitrogens with zero attached hydrogens (tertiary/aromatic N) is 3. The molecule has 1 aliphatic heterocycles. The molecule has 3 rings (SSSR count). The number of hydrogen-bond donors (Lipinski definition) is 0. The van der Waals surface area contributed by atoms with Crippen molar-refractivity contribution in [3.8, 4) is 6.07 Å². The van der Waals surface area contributed by atoms with Crippen molar-refractivity contribution in [2.75, 3.05) is 26.2 Å². The SMILES string of the molecule is CC(CC(=O)N1CCN(S(=O)(=O)c2ccccc2C#N)CC1)c1ccccc1. The van der Waals surface area contributed by atoms with E-state index in [4.69, 9.17) is 0 Å². The number of amides is 1. The Bertz CT molecular complexity index is 975. The molecular formula is C21H23N3O3S. The van der Waals surface area contributed by atoms with Gasteiger partial charge in [0.2, 0.25) is 15.9 Å². The van der Waals surface area contributed by atoms with E-state index < -0.39 is 10.0 Å². The van der Waals surface area contributed by atoms with Crippen molar-refractivity contribution in [2.45, 2.75) is 24.2 Å². The minimum atomic E-state index is -3.75. The fraction of sp³-hybridized carbons (Fsp3) is 0.333. The molecule has 0 aliphatic carbocycles. The van der Waals surface area contributed by atoms with Crippen LogP contribution in [0.4, 0.5) is 0 Å². The monoisotopic (exact) mass is 397 g/mol. The first-order valence-corrected chi connectivity index (χ1v) is 10.7. The molecular weight excluding hydrogens is 374 g/mol. The number of nitriles is 1. The van der Waals surface area contributed by atoms with E-state index >= 15 is 0 Å². The van der Waals surface area contributed by atoms with Gasteiger partial charge in [-0.05, 0) is 23.6 Å². The number of benzene rings is 2. The standard InChI is InChI=1S/C21H23N3O3S/c1-17(18-7-3-2-4-8-18)15-21(25)23-11-13-24(14-12-23)28(26,27)20-10-6-5-9-19(20)16-22/h2-10,17H,11-15H2,1H3. The van der Waals surface area contributed by atoms with Crippen LogP contribution < -0.4 is 0 Å². The Kier molecular flexibility index (Phi) is 6.12. The van der Waals surface area contributed by atoms with Crippen molar-refractivity contribution in [3.05, 3.63) is 65.7 Å². The fourth-order valence-electron chi connectivity index (χ4n) is 3.39. The molecule has 0 aromatic heterocycles. The van der Waals surface area contributed by atoms with E-state index in [0.29, 0.717) is 19.5 Å². The highest BCUT2D eigenvalue weighted by atomic mass is 32.2. The highest BCUT2D eigenvalue weighted by Crippen LogP contribution is 2.23. The minimum Gasteiger partial charge on any atom is -0.340 e. The molecule has 28 heavy (non-hydrogen) atoms. The zero-order valence-electron chi connectivity index (χ0n) is 15.8. The Balaban J connectivity index is 1.62. The van der Waals surface area contributed by atoms with Gasteiger partial charge in [-0.15, -0.1) is 0 Å². The Morgan fingerprint density at radius 1 is 1.04 bits per heavy atom. The lowest BCUT2D eigenvalue weighted by molar-refractivity contribution is -0.132. The van der Waals surface area contributed by atoms with Gasteiger partial charge in [0.05, 0.1) is 10.5 Å². The van der Waals surface area contributed by atoms with Crippen molar-refractivity contribution in [3.63, 3.8) is 0 Å².